The zero-order chi connectivity index (χ0) is 24.7. The molecule has 2 aromatic rings. The lowest BCUT2D eigenvalue weighted by molar-refractivity contribution is -0.137. The van der Waals surface area contributed by atoms with E-state index < -0.39 is 46.6 Å². The number of methoxy groups -OCH3 is 1. The van der Waals surface area contributed by atoms with Crippen molar-refractivity contribution in [2.24, 2.45) is 0 Å². The first-order valence-corrected chi connectivity index (χ1v) is 11.1. The molecule has 174 valence electrons. The summed E-state index contributed by atoms with van der Waals surface area (Å²) in [5, 5.41) is 16.2. The second-order valence-electron chi connectivity index (χ2n) is 7.09. The highest BCUT2D eigenvalue weighted by Crippen LogP contribution is 2.48. The topological polar surface area (TPSA) is 120 Å². The van der Waals surface area contributed by atoms with E-state index in [0.29, 0.717) is 6.07 Å². The number of carbonyl (C=O) groups excluding carboxylic acids is 2. The minimum absolute atomic E-state index is 0.0000391. The van der Waals surface area contributed by atoms with E-state index in [9.17, 15) is 32.6 Å². The van der Waals surface area contributed by atoms with E-state index in [1.807, 2.05) is 6.07 Å². The largest absolute Gasteiger partial charge is 0.611 e. The molecule has 1 aromatic carbocycles. The maximum atomic E-state index is 13.6. The number of halogens is 4. The van der Waals surface area contributed by atoms with E-state index in [2.05, 4.69) is 15.2 Å². The van der Waals surface area contributed by atoms with E-state index in [1.165, 1.54) is 19.3 Å². The highest BCUT2D eigenvalue weighted by atomic mass is 35.5. The Balaban J connectivity index is 2.47. The summed E-state index contributed by atoms with van der Waals surface area (Å²) in [6, 6.07) is 3.36. The first-order chi connectivity index (χ1) is 15.4. The summed E-state index contributed by atoms with van der Waals surface area (Å²) in [6.07, 6.45) is -1.81. The standard InChI is InChI=1S/C20H16ClF3N4O4S/c1-10(29)15-17(33(3)31)18-26-19(6-7-25,5-4-14(30)32-2)12-8-11(20(22,23)24)9-13(21)16(12)28(18)27-15/h4-5,8-9,26H,6H2,1-3H3/b5-4+. The van der Waals surface area contributed by atoms with Crippen molar-refractivity contribution in [3.63, 3.8) is 0 Å². The van der Waals surface area contributed by atoms with Crippen LogP contribution in [0.3, 0.4) is 0 Å². The SMILES string of the molecule is COC(=O)/C=C/C1(CC#N)Nc2c([S+](C)[O-])c(C(C)=O)nn2-c2c(Cl)cc(C(F)(F)F)cc21. The number of esters is 1. The molecule has 0 amide bonds. The summed E-state index contributed by atoms with van der Waals surface area (Å²) in [5.74, 6) is -1.36. The molecule has 1 aliphatic heterocycles. The number of rotatable bonds is 5. The van der Waals surface area contributed by atoms with Crippen LogP contribution < -0.4 is 5.32 Å². The maximum absolute atomic E-state index is 13.6. The van der Waals surface area contributed by atoms with Crippen LogP contribution >= 0.6 is 11.6 Å². The lowest BCUT2D eigenvalue weighted by Crippen LogP contribution is -2.39. The van der Waals surface area contributed by atoms with Gasteiger partial charge in [0.15, 0.2) is 17.3 Å². The van der Waals surface area contributed by atoms with Gasteiger partial charge in [0.25, 0.3) is 0 Å². The van der Waals surface area contributed by atoms with Crippen molar-refractivity contribution >= 4 is 40.3 Å². The number of aromatic nitrogens is 2. The van der Waals surface area contributed by atoms with Crippen molar-refractivity contribution in [2.75, 3.05) is 18.7 Å². The van der Waals surface area contributed by atoms with Crippen LogP contribution in [0.1, 0.15) is 35.0 Å². The molecule has 0 aliphatic carbocycles. The Bertz CT molecular complexity index is 1220. The number of nitriles is 1. The zero-order valence-corrected chi connectivity index (χ0v) is 19.0. The fraction of sp³-hybridized carbons (Fsp3) is 0.300. The fourth-order valence-corrected chi connectivity index (χ4v) is 4.67. The summed E-state index contributed by atoms with van der Waals surface area (Å²) < 4.78 is 58.9. The molecule has 0 fully saturated rings. The summed E-state index contributed by atoms with van der Waals surface area (Å²) in [5.41, 5.74) is -3.17. The van der Waals surface area contributed by atoms with Crippen LogP contribution in [-0.2, 0) is 32.4 Å². The Hall–Kier alpha value is -3.01. The predicted octanol–water partition coefficient (Wildman–Crippen LogP) is 3.75. The van der Waals surface area contributed by atoms with Gasteiger partial charge in [-0.2, -0.15) is 23.5 Å². The molecule has 0 spiro atoms. The molecule has 2 unspecified atom stereocenters. The molecule has 33 heavy (non-hydrogen) atoms. The van der Waals surface area contributed by atoms with Gasteiger partial charge >= 0.3 is 12.1 Å². The van der Waals surface area contributed by atoms with Gasteiger partial charge in [-0.05, 0) is 29.4 Å². The Morgan fingerprint density at radius 1 is 1.45 bits per heavy atom. The van der Waals surface area contributed by atoms with E-state index in [4.69, 9.17) is 11.6 Å². The summed E-state index contributed by atoms with van der Waals surface area (Å²) in [4.78, 5) is 23.9. The van der Waals surface area contributed by atoms with E-state index in [0.717, 1.165) is 23.9 Å². The van der Waals surface area contributed by atoms with Crippen LogP contribution in [-0.4, -0.2) is 39.5 Å². The third-order valence-corrected chi connectivity index (χ3v) is 6.20. The Kier molecular flexibility index (Phi) is 6.52. The number of ether oxygens (including phenoxy) is 1. The van der Waals surface area contributed by atoms with Gasteiger partial charge in [-0.1, -0.05) is 11.6 Å². The molecule has 2 atom stereocenters. The van der Waals surface area contributed by atoms with Gasteiger partial charge in [0.1, 0.15) is 6.26 Å². The number of carbonyl (C=O) groups is 2. The normalized spacial score (nSPS) is 18.2. The molecule has 1 aliphatic rings. The minimum Gasteiger partial charge on any atom is -0.611 e. The molecule has 0 radical (unpaired) electrons. The fourth-order valence-electron chi connectivity index (χ4n) is 3.51. The number of anilines is 1. The maximum Gasteiger partial charge on any atom is 0.416 e. The summed E-state index contributed by atoms with van der Waals surface area (Å²) in [7, 11) is 1.11. The molecule has 1 aromatic heterocycles. The second-order valence-corrected chi connectivity index (χ2v) is 8.81. The van der Waals surface area contributed by atoms with Crippen molar-refractivity contribution in [3.05, 3.63) is 46.1 Å². The van der Waals surface area contributed by atoms with E-state index >= 15 is 0 Å². The Morgan fingerprint density at radius 3 is 2.64 bits per heavy atom. The third kappa shape index (κ3) is 4.31. The smallest absolute Gasteiger partial charge is 0.416 e. The molecule has 13 heteroatoms. The number of nitrogens with zero attached hydrogens (tertiary/aromatic N) is 3. The molecule has 0 saturated heterocycles. The average Bonchev–Trinajstić information content (AvgIpc) is 3.10. The molecule has 8 nitrogen and oxygen atoms in total. The summed E-state index contributed by atoms with van der Waals surface area (Å²) >= 11 is 4.51. The van der Waals surface area contributed by atoms with E-state index in [1.54, 1.807) is 0 Å². The second kappa shape index (κ2) is 8.74. The third-order valence-electron chi connectivity index (χ3n) is 4.95. The predicted molar refractivity (Wildman–Crippen MR) is 113 cm³/mol. The van der Waals surface area contributed by atoms with E-state index in [-0.39, 0.29) is 32.7 Å². The molecule has 0 saturated carbocycles. The number of hydrogen-bond donors (Lipinski definition) is 1. The molecule has 3 rings (SSSR count). The highest BCUT2D eigenvalue weighted by molar-refractivity contribution is 7.91. The summed E-state index contributed by atoms with van der Waals surface area (Å²) in [6.45, 7) is 1.19. The molecular formula is C20H16ClF3N4O4S. The van der Waals surface area contributed by atoms with Crippen LogP contribution in [0, 0.1) is 11.3 Å². The number of benzene rings is 1. The van der Waals surface area contributed by atoms with Gasteiger partial charge in [-0.15, -0.1) is 0 Å². The van der Waals surface area contributed by atoms with Crippen LogP contribution in [0.5, 0.6) is 0 Å². The van der Waals surface area contributed by atoms with Gasteiger partial charge in [0.05, 0.1) is 41.4 Å². The first kappa shape index (κ1) is 24.6. The number of fused-ring (bicyclic) bond motifs is 3. The first-order valence-electron chi connectivity index (χ1n) is 9.17. The number of hydrogen-bond acceptors (Lipinski definition) is 7. The Morgan fingerprint density at radius 2 is 2.12 bits per heavy atom. The lowest BCUT2D eigenvalue weighted by atomic mass is 9.83. The number of ketones is 1. The average molecular weight is 501 g/mol. The van der Waals surface area contributed by atoms with Gasteiger partial charge in [0.2, 0.25) is 4.90 Å². The Labute approximate surface area is 194 Å². The molecular weight excluding hydrogens is 485 g/mol. The van der Waals surface area contributed by atoms with Crippen molar-refractivity contribution in [1.29, 1.82) is 5.26 Å². The van der Waals surface area contributed by atoms with Crippen molar-refractivity contribution in [2.45, 2.75) is 30.0 Å². The zero-order valence-electron chi connectivity index (χ0n) is 17.4. The van der Waals surface area contributed by atoms with Crippen molar-refractivity contribution in [1.82, 2.24) is 9.78 Å². The van der Waals surface area contributed by atoms with Gasteiger partial charge in [-0.3, -0.25) is 4.79 Å². The van der Waals surface area contributed by atoms with Gasteiger partial charge < -0.3 is 14.6 Å². The van der Waals surface area contributed by atoms with Crippen LogP contribution in [0.15, 0.2) is 29.2 Å². The van der Waals surface area contributed by atoms with Gasteiger partial charge in [-0.25, -0.2) is 9.48 Å². The van der Waals surface area contributed by atoms with Crippen molar-refractivity contribution < 1.29 is 32.0 Å². The van der Waals surface area contributed by atoms with Crippen LogP contribution in [0.2, 0.25) is 5.02 Å². The minimum atomic E-state index is -4.77. The number of alkyl halides is 3. The molecule has 2 heterocycles. The number of nitrogens with one attached hydrogen (secondary N) is 1. The quantitative estimate of drug-likeness (QED) is 0.287. The van der Waals surface area contributed by atoms with Crippen molar-refractivity contribution in [3.8, 4) is 11.8 Å². The number of Topliss-reactive ketones (excluding diaryl/α,β-unsaturated/α-hetero) is 1. The monoisotopic (exact) mass is 500 g/mol. The molecule has 0 bridgehead atoms. The van der Waals surface area contributed by atoms with Gasteiger partial charge in [0, 0.05) is 18.6 Å². The van der Waals surface area contributed by atoms with Crippen LogP contribution in [0.25, 0.3) is 5.69 Å². The molecule has 1 N–H and O–H groups in total. The lowest BCUT2D eigenvalue weighted by Gasteiger charge is -2.38. The highest BCUT2D eigenvalue weighted by Gasteiger charge is 2.45. The van der Waals surface area contributed by atoms with Crippen LogP contribution in [0.4, 0.5) is 19.0 Å².